The molecule has 0 aliphatic rings. The molecule has 1 aromatic rings. The molecule has 0 aliphatic carbocycles. The summed E-state index contributed by atoms with van der Waals surface area (Å²) in [6, 6.07) is 6.13. The monoisotopic (exact) mass is 238 g/mol. The van der Waals surface area contributed by atoms with Gasteiger partial charge in [0.05, 0.1) is 18.7 Å². The van der Waals surface area contributed by atoms with Gasteiger partial charge in [0.15, 0.2) is 0 Å². The Bertz CT molecular complexity index is 479. The van der Waals surface area contributed by atoms with Gasteiger partial charge in [-0.1, -0.05) is 11.6 Å². The molecule has 1 aromatic carbocycles. The van der Waals surface area contributed by atoms with Crippen LogP contribution in [0.3, 0.4) is 0 Å². The van der Waals surface area contributed by atoms with E-state index in [0.29, 0.717) is 5.02 Å². The molecule has 6 heteroatoms. The molecule has 0 radical (unpaired) electrons. The first-order valence-electron chi connectivity index (χ1n) is 4.17. The van der Waals surface area contributed by atoms with Crippen molar-refractivity contribution in [3.8, 4) is 6.07 Å². The molecule has 1 rings (SSSR count). The molecule has 0 aliphatic heterocycles. The number of ether oxygens (including phenoxy) is 1. The maximum Gasteiger partial charge on any atom is 0.396 e. The van der Waals surface area contributed by atoms with Gasteiger partial charge in [-0.05, 0) is 18.2 Å². The zero-order chi connectivity index (χ0) is 12.1. The lowest BCUT2D eigenvalue weighted by atomic mass is 10.2. The van der Waals surface area contributed by atoms with Crippen LogP contribution >= 0.6 is 11.6 Å². The van der Waals surface area contributed by atoms with E-state index in [9.17, 15) is 9.59 Å². The summed E-state index contributed by atoms with van der Waals surface area (Å²) in [5.41, 5.74) is 0.548. The number of halogens is 1. The third-order valence-corrected chi connectivity index (χ3v) is 1.87. The van der Waals surface area contributed by atoms with Crippen molar-refractivity contribution in [1.82, 2.24) is 0 Å². The van der Waals surface area contributed by atoms with Crippen molar-refractivity contribution in [2.45, 2.75) is 0 Å². The summed E-state index contributed by atoms with van der Waals surface area (Å²) in [4.78, 5) is 22.0. The van der Waals surface area contributed by atoms with Gasteiger partial charge in [0.1, 0.15) is 0 Å². The summed E-state index contributed by atoms with van der Waals surface area (Å²) in [5.74, 6) is -1.94. The Kier molecular flexibility index (Phi) is 3.86. The van der Waals surface area contributed by atoms with Crippen LogP contribution in [-0.2, 0) is 14.3 Å². The van der Waals surface area contributed by atoms with Crippen LogP contribution in [-0.4, -0.2) is 19.0 Å². The highest BCUT2D eigenvalue weighted by atomic mass is 35.5. The second-order valence-corrected chi connectivity index (χ2v) is 3.22. The Labute approximate surface area is 96.6 Å². The molecule has 0 atom stereocenters. The van der Waals surface area contributed by atoms with Crippen LogP contribution < -0.4 is 5.32 Å². The number of carbonyl (C=O) groups excluding carboxylic acids is 2. The maximum atomic E-state index is 11.1. The minimum Gasteiger partial charge on any atom is -0.462 e. The van der Waals surface area contributed by atoms with Gasteiger partial charge in [0.25, 0.3) is 0 Å². The number of esters is 1. The molecular formula is C10H7ClN2O3. The average molecular weight is 239 g/mol. The first-order valence-corrected chi connectivity index (χ1v) is 4.54. The van der Waals surface area contributed by atoms with Crippen molar-refractivity contribution in [1.29, 1.82) is 5.26 Å². The van der Waals surface area contributed by atoms with Crippen LogP contribution in [0.2, 0.25) is 5.02 Å². The van der Waals surface area contributed by atoms with Gasteiger partial charge in [-0.25, -0.2) is 4.79 Å². The van der Waals surface area contributed by atoms with Crippen molar-refractivity contribution >= 4 is 29.2 Å². The van der Waals surface area contributed by atoms with Crippen molar-refractivity contribution in [3.63, 3.8) is 0 Å². The number of nitrogens with zero attached hydrogens (tertiary/aromatic N) is 1. The number of amides is 1. The van der Waals surface area contributed by atoms with Gasteiger partial charge in [-0.15, -0.1) is 0 Å². The number of methoxy groups -OCH3 is 1. The molecule has 0 heterocycles. The number of nitriles is 1. The predicted octanol–water partition coefficient (Wildman–Crippen LogP) is 1.32. The van der Waals surface area contributed by atoms with E-state index in [4.69, 9.17) is 16.9 Å². The van der Waals surface area contributed by atoms with Gasteiger partial charge in [-0.3, -0.25) is 4.79 Å². The minimum absolute atomic E-state index is 0.263. The summed E-state index contributed by atoms with van der Waals surface area (Å²) in [6.45, 7) is 0. The highest BCUT2D eigenvalue weighted by Gasteiger charge is 2.14. The normalized spacial score (nSPS) is 9.06. The Morgan fingerprint density at radius 1 is 1.44 bits per heavy atom. The molecule has 1 N–H and O–H groups in total. The number of carbonyl (C=O) groups is 2. The number of hydrogen-bond acceptors (Lipinski definition) is 4. The third-order valence-electron chi connectivity index (χ3n) is 1.66. The number of nitrogens with one attached hydrogen (secondary N) is 1. The molecule has 0 aromatic heterocycles. The summed E-state index contributed by atoms with van der Waals surface area (Å²) < 4.78 is 4.22. The fraction of sp³-hybridized carbons (Fsp3) is 0.100. The zero-order valence-corrected chi connectivity index (χ0v) is 9.04. The number of rotatable bonds is 1. The second kappa shape index (κ2) is 5.14. The number of anilines is 1. The SMILES string of the molecule is COC(=O)C(=O)Nc1cc(Cl)cc(C#N)c1. The van der Waals surface area contributed by atoms with Crippen molar-refractivity contribution in [2.75, 3.05) is 12.4 Å². The van der Waals surface area contributed by atoms with Crippen molar-refractivity contribution < 1.29 is 14.3 Å². The molecule has 5 nitrogen and oxygen atoms in total. The smallest absolute Gasteiger partial charge is 0.396 e. The van der Waals surface area contributed by atoms with Crippen LogP contribution in [0.4, 0.5) is 5.69 Å². The highest BCUT2D eigenvalue weighted by molar-refractivity contribution is 6.37. The van der Waals surface area contributed by atoms with E-state index in [1.807, 2.05) is 6.07 Å². The summed E-state index contributed by atoms with van der Waals surface area (Å²) in [6.07, 6.45) is 0. The molecule has 1 amide bonds. The van der Waals surface area contributed by atoms with Crippen molar-refractivity contribution in [3.05, 3.63) is 28.8 Å². The summed E-state index contributed by atoms with van der Waals surface area (Å²) in [5, 5.41) is 11.2. The van der Waals surface area contributed by atoms with E-state index in [0.717, 1.165) is 7.11 Å². The number of hydrogen-bond donors (Lipinski definition) is 1. The Balaban J connectivity index is 2.90. The molecule has 0 saturated carbocycles. The molecular weight excluding hydrogens is 232 g/mol. The van der Waals surface area contributed by atoms with Gasteiger partial charge in [-0.2, -0.15) is 5.26 Å². The largest absolute Gasteiger partial charge is 0.462 e. The lowest BCUT2D eigenvalue weighted by Gasteiger charge is -2.04. The molecule has 82 valence electrons. The molecule has 16 heavy (non-hydrogen) atoms. The van der Waals surface area contributed by atoms with Gasteiger partial charge in [0.2, 0.25) is 0 Å². The predicted molar refractivity (Wildman–Crippen MR) is 56.8 cm³/mol. The van der Waals surface area contributed by atoms with E-state index in [2.05, 4.69) is 10.1 Å². The maximum absolute atomic E-state index is 11.1. The second-order valence-electron chi connectivity index (χ2n) is 2.79. The third kappa shape index (κ3) is 2.97. The summed E-state index contributed by atoms with van der Waals surface area (Å²) >= 11 is 5.71. The minimum atomic E-state index is -1.02. The van der Waals surface area contributed by atoms with E-state index >= 15 is 0 Å². The lowest BCUT2D eigenvalue weighted by Crippen LogP contribution is -2.23. The fourth-order valence-electron chi connectivity index (χ4n) is 1.00. The molecule has 0 unspecified atom stereocenters. The van der Waals surface area contributed by atoms with Crippen LogP contribution in [0.1, 0.15) is 5.56 Å². The molecule has 0 bridgehead atoms. The zero-order valence-electron chi connectivity index (χ0n) is 8.28. The van der Waals surface area contributed by atoms with Gasteiger partial charge < -0.3 is 10.1 Å². The van der Waals surface area contributed by atoms with E-state index in [-0.39, 0.29) is 11.3 Å². The van der Waals surface area contributed by atoms with E-state index in [1.54, 1.807) is 0 Å². The quantitative estimate of drug-likeness (QED) is 0.591. The first-order chi connectivity index (χ1) is 7.56. The summed E-state index contributed by atoms with van der Waals surface area (Å²) in [7, 11) is 1.10. The Hall–Kier alpha value is -2.06. The first kappa shape index (κ1) is 12.0. The lowest BCUT2D eigenvalue weighted by molar-refractivity contribution is -0.150. The van der Waals surface area contributed by atoms with Gasteiger partial charge in [0, 0.05) is 10.7 Å². The van der Waals surface area contributed by atoms with Crippen molar-refractivity contribution in [2.24, 2.45) is 0 Å². The average Bonchev–Trinajstić information content (AvgIpc) is 2.26. The number of benzene rings is 1. The topological polar surface area (TPSA) is 79.2 Å². The van der Waals surface area contributed by atoms with Crippen LogP contribution in [0.15, 0.2) is 18.2 Å². The standard InChI is InChI=1S/C10H7ClN2O3/c1-16-10(15)9(14)13-8-3-6(5-12)2-7(11)4-8/h2-4H,1H3,(H,13,14). The van der Waals surface area contributed by atoms with Gasteiger partial charge >= 0.3 is 11.9 Å². The van der Waals surface area contributed by atoms with Crippen LogP contribution in [0.25, 0.3) is 0 Å². The van der Waals surface area contributed by atoms with Crippen LogP contribution in [0, 0.1) is 11.3 Å². The van der Waals surface area contributed by atoms with Crippen LogP contribution in [0.5, 0.6) is 0 Å². The van der Waals surface area contributed by atoms with E-state index < -0.39 is 11.9 Å². The Morgan fingerprint density at radius 2 is 2.12 bits per heavy atom. The molecule has 0 saturated heterocycles. The van der Waals surface area contributed by atoms with E-state index in [1.165, 1.54) is 18.2 Å². The Morgan fingerprint density at radius 3 is 2.69 bits per heavy atom. The highest BCUT2D eigenvalue weighted by Crippen LogP contribution is 2.18. The molecule has 0 fully saturated rings. The molecule has 0 spiro atoms. The fourth-order valence-corrected chi connectivity index (χ4v) is 1.24.